The average Bonchev–Trinajstić information content (AvgIpc) is 2.67. The second-order valence-corrected chi connectivity index (χ2v) is 7.01. The Balaban J connectivity index is 1.52. The predicted molar refractivity (Wildman–Crippen MR) is 80.3 cm³/mol. The van der Waals surface area contributed by atoms with Crippen LogP contribution in [0, 0.1) is 11.8 Å². The highest BCUT2D eigenvalue weighted by Crippen LogP contribution is 2.35. The van der Waals surface area contributed by atoms with Gasteiger partial charge in [0.15, 0.2) is 0 Å². The Kier molecular flexibility index (Phi) is 4.61. The van der Waals surface area contributed by atoms with E-state index >= 15 is 0 Å². The molecule has 3 unspecified atom stereocenters. The number of hydrogen-bond acceptors (Lipinski definition) is 3. The number of hydrogen-bond donors (Lipinski definition) is 1. The zero-order valence-electron chi connectivity index (χ0n) is 12.6. The number of nitrogens with two attached hydrogens (primary N) is 1. The lowest BCUT2D eigenvalue weighted by Gasteiger charge is -2.29. The normalized spacial score (nSPS) is 35.6. The average molecular weight is 279 g/mol. The van der Waals surface area contributed by atoms with Crippen molar-refractivity contribution in [3.05, 3.63) is 0 Å². The van der Waals surface area contributed by atoms with Gasteiger partial charge < -0.3 is 10.6 Å². The quantitative estimate of drug-likeness (QED) is 0.832. The number of fused-ring (bicyclic) bond motifs is 1. The highest BCUT2D eigenvalue weighted by molar-refractivity contribution is 5.78. The van der Waals surface area contributed by atoms with Crippen LogP contribution in [0.5, 0.6) is 0 Å². The van der Waals surface area contributed by atoms with Crippen molar-refractivity contribution in [1.82, 2.24) is 9.80 Å². The molecule has 0 bridgehead atoms. The summed E-state index contributed by atoms with van der Waals surface area (Å²) >= 11 is 0. The van der Waals surface area contributed by atoms with Crippen LogP contribution in [-0.4, -0.2) is 54.5 Å². The Labute approximate surface area is 122 Å². The number of amides is 1. The van der Waals surface area contributed by atoms with E-state index < -0.39 is 0 Å². The molecule has 2 aliphatic heterocycles. The molecule has 4 heteroatoms. The van der Waals surface area contributed by atoms with Crippen molar-refractivity contribution in [2.75, 3.05) is 32.7 Å². The summed E-state index contributed by atoms with van der Waals surface area (Å²) in [5, 5.41) is 0. The maximum Gasteiger partial charge on any atom is 0.236 e. The van der Waals surface area contributed by atoms with Gasteiger partial charge in [0.05, 0.1) is 6.54 Å². The van der Waals surface area contributed by atoms with Crippen molar-refractivity contribution >= 4 is 5.91 Å². The van der Waals surface area contributed by atoms with Gasteiger partial charge in [0.25, 0.3) is 0 Å². The number of carbonyl (C=O) groups is 1. The molecular weight excluding hydrogens is 250 g/mol. The number of nitrogens with zero attached hydrogens (tertiary/aromatic N) is 2. The molecule has 3 atom stereocenters. The summed E-state index contributed by atoms with van der Waals surface area (Å²) in [4.78, 5) is 16.9. The monoisotopic (exact) mass is 279 g/mol. The van der Waals surface area contributed by atoms with Crippen molar-refractivity contribution < 1.29 is 4.79 Å². The first-order valence-corrected chi connectivity index (χ1v) is 8.50. The molecule has 1 amide bonds. The van der Waals surface area contributed by atoms with Gasteiger partial charge in [-0.1, -0.05) is 19.3 Å². The first kappa shape index (κ1) is 14.3. The van der Waals surface area contributed by atoms with Crippen LogP contribution in [0.15, 0.2) is 0 Å². The minimum atomic E-state index is 0.346. The molecule has 2 heterocycles. The molecule has 3 fully saturated rings. The van der Waals surface area contributed by atoms with Gasteiger partial charge in [-0.25, -0.2) is 0 Å². The van der Waals surface area contributed by atoms with Gasteiger partial charge in [-0.05, 0) is 37.5 Å². The third-order valence-corrected chi connectivity index (χ3v) is 5.55. The van der Waals surface area contributed by atoms with E-state index in [0.717, 1.165) is 32.1 Å². The van der Waals surface area contributed by atoms with Gasteiger partial charge in [0.2, 0.25) is 5.91 Å². The molecule has 0 radical (unpaired) electrons. The van der Waals surface area contributed by atoms with Gasteiger partial charge in [-0.2, -0.15) is 0 Å². The van der Waals surface area contributed by atoms with Crippen molar-refractivity contribution in [3.63, 3.8) is 0 Å². The maximum absolute atomic E-state index is 12.4. The molecule has 3 aliphatic rings. The van der Waals surface area contributed by atoms with Crippen LogP contribution in [-0.2, 0) is 4.79 Å². The molecule has 114 valence electrons. The summed E-state index contributed by atoms with van der Waals surface area (Å²) in [6.45, 7) is 4.71. The molecular formula is C16H29N3O. The lowest BCUT2D eigenvalue weighted by molar-refractivity contribution is -0.132. The van der Waals surface area contributed by atoms with Gasteiger partial charge in [0, 0.05) is 32.2 Å². The summed E-state index contributed by atoms with van der Waals surface area (Å²) in [6, 6.07) is 0.368. The maximum atomic E-state index is 12.4. The van der Waals surface area contributed by atoms with Crippen molar-refractivity contribution in [2.45, 2.75) is 51.0 Å². The number of likely N-dealkylation sites (tertiary alicyclic amines) is 2. The second-order valence-electron chi connectivity index (χ2n) is 7.01. The van der Waals surface area contributed by atoms with E-state index in [1.54, 1.807) is 0 Å². The Morgan fingerprint density at radius 2 is 1.75 bits per heavy atom. The third kappa shape index (κ3) is 3.17. The lowest BCUT2D eigenvalue weighted by atomic mass is 9.78. The topological polar surface area (TPSA) is 49.6 Å². The van der Waals surface area contributed by atoms with E-state index in [-0.39, 0.29) is 0 Å². The van der Waals surface area contributed by atoms with Crippen molar-refractivity contribution in [3.8, 4) is 0 Å². The summed E-state index contributed by atoms with van der Waals surface area (Å²) in [7, 11) is 0. The smallest absolute Gasteiger partial charge is 0.236 e. The van der Waals surface area contributed by atoms with Crippen molar-refractivity contribution in [1.29, 1.82) is 0 Å². The fourth-order valence-electron chi connectivity index (χ4n) is 4.35. The standard InChI is InChI=1S/C16H29N3O/c17-15-7-5-6-13-10-18(11-14(13)15)12-16(20)19-8-3-1-2-4-9-19/h13-15H,1-12,17H2. The zero-order chi connectivity index (χ0) is 13.9. The molecule has 20 heavy (non-hydrogen) atoms. The van der Waals surface area contributed by atoms with Crippen LogP contribution < -0.4 is 5.73 Å². The zero-order valence-corrected chi connectivity index (χ0v) is 12.6. The Morgan fingerprint density at radius 1 is 1.00 bits per heavy atom. The molecule has 3 rings (SSSR count). The van der Waals surface area contributed by atoms with Crippen LogP contribution in [0.25, 0.3) is 0 Å². The summed E-state index contributed by atoms with van der Waals surface area (Å²) in [6.07, 6.45) is 8.70. The molecule has 4 nitrogen and oxygen atoms in total. The molecule has 1 saturated carbocycles. The summed E-state index contributed by atoms with van der Waals surface area (Å²) in [5.41, 5.74) is 6.25. The Hall–Kier alpha value is -0.610. The fourth-order valence-corrected chi connectivity index (χ4v) is 4.35. The third-order valence-electron chi connectivity index (χ3n) is 5.55. The van der Waals surface area contributed by atoms with Crippen LogP contribution in [0.3, 0.4) is 0 Å². The first-order valence-electron chi connectivity index (χ1n) is 8.50. The summed E-state index contributed by atoms with van der Waals surface area (Å²) in [5.74, 6) is 1.73. The molecule has 0 aromatic heterocycles. The molecule has 2 saturated heterocycles. The molecule has 1 aliphatic carbocycles. The second kappa shape index (κ2) is 6.44. The van der Waals surface area contributed by atoms with Crippen LogP contribution in [0.2, 0.25) is 0 Å². The van der Waals surface area contributed by atoms with Gasteiger partial charge in [-0.3, -0.25) is 9.69 Å². The number of rotatable bonds is 2. The first-order chi connectivity index (χ1) is 9.74. The molecule has 0 aromatic carbocycles. The predicted octanol–water partition coefficient (Wildman–Crippen LogP) is 1.45. The SMILES string of the molecule is NC1CCCC2CN(CC(=O)N3CCCCCC3)CC12. The fraction of sp³-hybridized carbons (Fsp3) is 0.938. The van der Waals surface area contributed by atoms with Crippen LogP contribution >= 0.6 is 0 Å². The van der Waals surface area contributed by atoms with Gasteiger partial charge in [0.1, 0.15) is 0 Å². The lowest BCUT2D eigenvalue weighted by Crippen LogP contribution is -2.41. The van der Waals surface area contributed by atoms with Crippen molar-refractivity contribution in [2.24, 2.45) is 17.6 Å². The van der Waals surface area contributed by atoms with Crippen LogP contribution in [0.1, 0.15) is 44.9 Å². The van der Waals surface area contributed by atoms with Crippen LogP contribution in [0.4, 0.5) is 0 Å². The highest BCUT2D eigenvalue weighted by Gasteiger charge is 2.39. The van der Waals surface area contributed by atoms with E-state index in [2.05, 4.69) is 9.80 Å². The Bertz CT molecular complexity index is 339. The largest absolute Gasteiger partial charge is 0.342 e. The molecule has 0 aromatic rings. The number of carbonyl (C=O) groups excluding carboxylic acids is 1. The van der Waals surface area contributed by atoms with E-state index in [0.29, 0.717) is 24.4 Å². The Morgan fingerprint density at radius 3 is 2.45 bits per heavy atom. The van der Waals surface area contributed by atoms with E-state index in [1.807, 2.05) is 0 Å². The van der Waals surface area contributed by atoms with Gasteiger partial charge >= 0.3 is 0 Å². The highest BCUT2D eigenvalue weighted by atomic mass is 16.2. The molecule has 0 spiro atoms. The van der Waals surface area contributed by atoms with Gasteiger partial charge in [-0.15, -0.1) is 0 Å². The van der Waals surface area contributed by atoms with E-state index in [4.69, 9.17) is 5.73 Å². The minimum Gasteiger partial charge on any atom is -0.342 e. The summed E-state index contributed by atoms with van der Waals surface area (Å²) < 4.78 is 0. The molecule has 2 N–H and O–H groups in total. The minimum absolute atomic E-state index is 0.346. The van der Waals surface area contributed by atoms with E-state index in [9.17, 15) is 4.79 Å². The van der Waals surface area contributed by atoms with E-state index in [1.165, 1.54) is 44.9 Å².